The zero-order chi connectivity index (χ0) is 21.0. The molecule has 4 heteroatoms. The van der Waals surface area contributed by atoms with E-state index in [9.17, 15) is 9.90 Å². The number of aliphatic hydroxyl groups is 1. The van der Waals surface area contributed by atoms with Gasteiger partial charge in [-0.1, -0.05) is 62.9 Å². The molecule has 1 heterocycles. The summed E-state index contributed by atoms with van der Waals surface area (Å²) in [5, 5.41) is 14.9. The Morgan fingerprint density at radius 3 is 2.40 bits per heavy atom. The van der Waals surface area contributed by atoms with Crippen molar-refractivity contribution >= 4 is 5.91 Å². The molecule has 1 unspecified atom stereocenters. The number of nitrogens with one attached hydrogen (secondary N) is 1. The lowest BCUT2D eigenvalue weighted by atomic mass is 9.79. The van der Waals surface area contributed by atoms with E-state index < -0.39 is 5.60 Å². The molecule has 4 rings (SSSR count). The molecule has 166 valence electrons. The number of carbonyl (C=O) groups is 1. The molecular weight excluding hydrogens is 372 g/mol. The van der Waals surface area contributed by atoms with Crippen LogP contribution >= 0.6 is 0 Å². The van der Waals surface area contributed by atoms with E-state index >= 15 is 0 Å². The molecular formula is C26H40N2O2. The van der Waals surface area contributed by atoms with E-state index in [1.165, 1.54) is 32.2 Å². The SMILES string of the molecule is C[C@H]1CCC[C@H](CN2CCC(NC(=O)C(O)(c3ccccc3)C3CCCC3)CC2)C1. The van der Waals surface area contributed by atoms with Gasteiger partial charge in [0.2, 0.25) is 0 Å². The van der Waals surface area contributed by atoms with Crippen LogP contribution < -0.4 is 5.32 Å². The molecule has 0 bridgehead atoms. The number of amides is 1. The van der Waals surface area contributed by atoms with Crippen molar-refractivity contribution in [1.29, 1.82) is 0 Å². The first kappa shape index (κ1) is 21.8. The molecule has 30 heavy (non-hydrogen) atoms. The Morgan fingerprint density at radius 1 is 1.03 bits per heavy atom. The van der Waals surface area contributed by atoms with Crippen LogP contribution in [0, 0.1) is 17.8 Å². The molecule has 1 saturated heterocycles. The second-order valence-electron chi connectivity index (χ2n) is 10.3. The van der Waals surface area contributed by atoms with Gasteiger partial charge in [0, 0.05) is 31.6 Å². The summed E-state index contributed by atoms with van der Waals surface area (Å²) in [6.45, 7) is 5.74. The molecule has 0 radical (unpaired) electrons. The highest BCUT2D eigenvalue weighted by Gasteiger charge is 2.46. The Bertz CT molecular complexity index is 680. The van der Waals surface area contributed by atoms with E-state index in [1.54, 1.807) is 0 Å². The zero-order valence-corrected chi connectivity index (χ0v) is 18.7. The highest BCUT2D eigenvalue weighted by molar-refractivity contribution is 5.87. The second-order valence-corrected chi connectivity index (χ2v) is 10.3. The highest BCUT2D eigenvalue weighted by atomic mass is 16.3. The largest absolute Gasteiger partial charge is 0.375 e. The van der Waals surface area contributed by atoms with Crippen LogP contribution in [-0.2, 0) is 10.4 Å². The summed E-state index contributed by atoms with van der Waals surface area (Å²) in [6.07, 6.45) is 11.6. The van der Waals surface area contributed by atoms with Crippen molar-refractivity contribution in [2.45, 2.75) is 82.8 Å². The molecule has 1 amide bonds. The maximum atomic E-state index is 13.4. The van der Waals surface area contributed by atoms with Crippen LogP contribution in [0.2, 0.25) is 0 Å². The fourth-order valence-electron chi connectivity index (χ4n) is 6.23. The Balaban J connectivity index is 1.33. The number of likely N-dealkylation sites (tertiary alicyclic amines) is 1. The zero-order valence-electron chi connectivity index (χ0n) is 18.7. The maximum absolute atomic E-state index is 13.4. The number of nitrogens with zero attached hydrogens (tertiary/aromatic N) is 1. The lowest BCUT2D eigenvalue weighted by Crippen LogP contribution is -2.54. The highest BCUT2D eigenvalue weighted by Crippen LogP contribution is 2.41. The Morgan fingerprint density at radius 2 is 1.73 bits per heavy atom. The molecule has 0 spiro atoms. The summed E-state index contributed by atoms with van der Waals surface area (Å²) < 4.78 is 0. The minimum Gasteiger partial charge on any atom is -0.375 e. The van der Waals surface area contributed by atoms with Crippen molar-refractivity contribution in [3.63, 3.8) is 0 Å². The minimum absolute atomic E-state index is 0.0216. The van der Waals surface area contributed by atoms with Gasteiger partial charge in [0.25, 0.3) is 5.91 Å². The van der Waals surface area contributed by atoms with Crippen molar-refractivity contribution in [1.82, 2.24) is 10.2 Å². The first-order chi connectivity index (χ1) is 14.6. The van der Waals surface area contributed by atoms with Crippen LogP contribution in [0.5, 0.6) is 0 Å². The van der Waals surface area contributed by atoms with E-state index in [2.05, 4.69) is 17.1 Å². The Kier molecular flexibility index (Phi) is 7.15. The second kappa shape index (κ2) is 9.82. The lowest BCUT2D eigenvalue weighted by Gasteiger charge is -2.39. The van der Waals surface area contributed by atoms with Crippen molar-refractivity contribution in [2.75, 3.05) is 19.6 Å². The number of hydrogen-bond acceptors (Lipinski definition) is 3. The summed E-state index contributed by atoms with van der Waals surface area (Å²) in [4.78, 5) is 16.0. The van der Waals surface area contributed by atoms with Crippen molar-refractivity contribution in [2.24, 2.45) is 17.8 Å². The number of hydrogen-bond donors (Lipinski definition) is 2. The van der Waals surface area contributed by atoms with E-state index in [-0.39, 0.29) is 17.9 Å². The van der Waals surface area contributed by atoms with Gasteiger partial charge in [-0.25, -0.2) is 0 Å². The van der Waals surface area contributed by atoms with Gasteiger partial charge in [-0.15, -0.1) is 0 Å². The molecule has 3 aliphatic rings. The molecule has 2 saturated carbocycles. The van der Waals surface area contributed by atoms with Crippen molar-refractivity contribution in [3.05, 3.63) is 35.9 Å². The summed E-state index contributed by atoms with van der Waals surface area (Å²) >= 11 is 0. The van der Waals surface area contributed by atoms with Crippen molar-refractivity contribution in [3.8, 4) is 0 Å². The van der Waals surface area contributed by atoms with Gasteiger partial charge in [-0.2, -0.15) is 0 Å². The molecule has 0 aromatic heterocycles. The Hall–Kier alpha value is -1.39. The standard InChI is InChI=1S/C26H40N2O2/c1-20-8-7-9-21(18-20)19-28-16-14-24(15-17-28)27-25(29)26(30,23-12-5-6-13-23)22-10-3-2-4-11-22/h2-4,10-11,20-21,23-24,30H,5-9,12-19H2,1H3,(H,27,29)/t20-,21-,26?/m0/s1. The third kappa shape index (κ3) is 4.91. The van der Waals surface area contributed by atoms with Gasteiger partial charge in [-0.3, -0.25) is 4.79 Å². The van der Waals surface area contributed by atoms with E-state index in [0.29, 0.717) is 0 Å². The summed E-state index contributed by atoms with van der Waals surface area (Å²) in [6, 6.07) is 9.78. The first-order valence-electron chi connectivity index (χ1n) is 12.4. The van der Waals surface area contributed by atoms with Gasteiger partial charge in [0.15, 0.2) is 5.60 Å². The van der Waals surface area contributed by atoms with Crippen LogP contribution in [0.15, 0.2) is 30.3 Å². The van der Waals surface area contributed by atoms with Crippen molar-refractivity contribution < 1.29 is 9.90 Å². The molecule has 1 aliphatic heterocycles. The normalized spacial score (nSPS) is 28.9. The van der Waals surface area contributed by atoms with Gasteiger partial charge in [0.05, 0.1) is 0 Å². The number of rotatable bonds is 6. The van der Waals surface area contributed by atoms with Crippen LogP contribution in [-0.4, -0.2) is 41.6 Å². The molecule has 1 aromatic rings. The van der Waals surface area contributed by atoms with Crippen LogP contribution in [0.1, 0.15) is 76.7 Å². The monoisotopic (exact) mass is 412 g/mol. The molecule has 3 atom stereocenters. The topological polar surface area (TPSA) is 52.6 Å². The number of benzene rings is 1. The summed E-state index contributed by atoms with van der Waals surface area (Å²) in [5.41, 5.74) is -0.647. The molecule has 1 aromatic carbocycles. The predicted molar refractivity (Wildman–Crippen MR) is 121 cm³/mol. The van der Waals surface area contributed by atoms with Crippen LogP contribution in [0.4, 0.5) is 0 Å². The number of carbonyl (C=O) groups excluding carboxylic acids is 1. The predicted octanol–water partition coefficient (Wildman–Crippen LogP) is 4.47. The fraction of sp³-hybridized carbons (Fsp3) is 0.731. The quantitative estimate of drug-likeness (QED) is 0.725. The van der Waals surface area contributed by atoms with Gasteiger partial charge in [-0.05, 0) is 55.9 Å². The van der Waals surface area contributed by atoms with E-state index in [1.807, 2.05) is 30.3 Å². The summed E-state index contributed by atoms with van der Waals surface area (Å²) in [7, 11) is 0. The lowest BCUT2D eigenvalue weighted by molar-refractivity contribution is -0.148. The molecule has 4 nitrogen and oxygen atoms in total. The van der Waals surface area contributed by atoms with Gasteiger partial charge < -0.3 is 15.3 Å². The molecule has 2 N–H and O–H groups in total. The summed E-state index contributed by atoms with van der Waals surface area (Å²) in [5.74, 6) is 1.57. The fourth-order valence-corrected chi connectivity index (χ4v) is 6.23. The smallest absolute Gasteiger partial charge is 0.257 e. The van der Waals surface area contributed by atoms with E-state index in [4.69, 9.17) is 0 Å². The third-order valence-electron chi connectivity index (χ3n) is 7.99. The maximum Gasteiger partial charge on any atom is 0.257 e. The van der Waals surface area contributed by atoms with Gasteiger partial charge >= 0.3 is 0 Å². The number of piperidine rings is 1. The van der Waals surface area contributed by atoms with Gasteiger partial charge in [0.1, 0.15) is 0 Å². The Labute approximate surface area is 182 Å². The average Bonchev–Trinajstić information content (AvgIpc) is 3.31. The molecule has 3 fully saturated rings. The van der Waals surface area contributed by atoms with E-state index in [0.717, 1.165) is 69.0 Å². The van der Waals surface area contributed by atoms with Crippen LogP contribution in [0.25, 0.3) is 0 Å². The van der Waals surface area contributed by atoms with Crippen LogP contribution in [0.3, 0.4) is 0 Å². The molecule has 2 aliphatic carbocycles. The minimum atomic E-state index is -1.40. The first-order valence-corrected chi connectivity index (χ1v) is 12.4. The third-order valence-corrected chi connectivity index (χ3v) is 7.99. The average molecular weight is 413 g/mol.